The molecule has 1 amide bonds. The van der Waals surface area contributed by atoms with Crippen LogP contribution in [0.3, 0.4) is 0 Å². The molecule has 1 aliphatic rings. The molecule has 2 heterocycles. The first-order valence-electron chi connectivity index (χ1n) is 5.58. The topological polar surface area (TPSA) is 86.5 Å². The van der Waals surface area contributed by atoms with Gasteiger partial charge in [0.2, 0.25) is 6.79 Å². The lowest BCUT2D eigenvalue weighted by Crippen LogP contribution is -2.23. The molecule has 7 heteroatoms. The van der Waals surface area contributed by atoms with E-state index in [1.165, 1.54) is 11.3 Å². The number of hydrogen-bond donors (Lipinski definition) is 2. The van der Waals surface area contributed by atoms with Crippen molar-refractivity contribution < 1.29 is 14.3 Å². The molecule has 1 aromatic carbocycles. The fourth-order valence-corrected chi connectivity index (χ4v) is 2.30. The molecular formula is C12H11N3O3S. The van der Waals surface area contributed by atoms with Gasteiger partial charge in [0.25, 0.3) is 5.91 Å². The van der Waals surface area contributed by atoms with Crippen LogP contribution in [-0.4, -0.2) is 17.7 Å². The maximum Gasteiger partial charge on any atom is 0.253 e. The second kappa shape index (κ2) is 4.77. The van der Waals surface area contributed by atoms with Crippen LogP contribution in [-0.2, 0) is 6.54 Å². The summed E-state index contributed by atoms with van der Waals surface area (Å²) in [6.45, 7) is 0.523. The van der Waals surface area contributed by atoms with Crippen LogP contribution < -0.4 is 20.5 Å². The molecule has 1 aromatic heterocycles. The molecule has 0 spiro atoms. The highest BCUT2D eigenvalue weighted by Gasteiger charge is 2.19. The molecule has 98 valence electrons. The van der Waals surface area contributed by atoms with Gasteiger partial charge in [-0.15, -0.1) is 11.3 Å². The van der Waals surface area contributed by atoms with Crippen molar-refractivity contribution in [2.45, 2.75) is 6.54 Å². The number of rotatable bonds is 3. The molecule has 0 atom stereocenters. The highest BCUT2D eigenvalue weighted by Crippen LogP contribution is 2.35. The summed E-state index contributed by atoms with van der Waals surface area (Å²) in [5.41, 5.74) is 9.11. The number of carbonyl (C=O) groups excluding carboxylic acids is 1. The molecule has 3 rings (SSSR count). The van der Waals surface area contributed by atoms with E-state index in [0.717, 1.165) is 5.69 Å². The number of nitrogen functional groups attached to an aromatic ring is 1. The fourth-order valence-electron chi connectivity index (χ4n) is 1.75. The zero-order valence-electron chi connectivity index (χ0n) is 9.88. The Bertz CT molecular complexity index is 613. The van der Waals surface area contributed by atoms with E-state index in [1.54, 1.807) is 17.6 Å². The molecule has 0 bridgehead atoms. The van der Waals surface area contributed by atoms with Gasteiger partial charge in [0.15, 0.2) is 11.5 Å². The Balaban J connectivity index is 1.76. The number of nitrogens with one attached hydrogen (secondary N) is 1. The Morgan fingerprint density at radius 3 is 2.95 bits per heavy atom. The van der Waals surface area contributed by atoms with Gasteiger partial charge in [0.05, 0.1) is 23.3 Å². The Hall–Kier alpha value is -2.28. The lowest BCUT2D eigenvalue weighted by molar-refractivity contribution is 0.0951. The van der Waals surface area contributed by atoms with Gasteiger partial charge >= 0.3 is 0 Å². The molecule has 19 heavy (non-hydrogen) atoms. The van der Waals surface area contributed by atoms with Crippen molar-refractivity contribution >= 4 is 22.9 Å². The van der Waals surface area contributed by atoms with E-state index in [2.05, 4.69) is 10.3 Å². The van der Waals surface area contributed by atoms with Crippen molar-refractivity contribution in [1.29, 1.82) is 0 Å². The molecule has 0 unspecified atom stereocenters. The number of amides is 1. The minimum atomic E-state index is -0.260. The molecule has 2 aromatic rings. The fraction of sp³-hybridized carbons (Fsp3) is 0.167. The van der Waals surface area contributed by atoms with Gasteiger partial charge in [-0.05, 0) is 6.07 Å². The zero-order chi connectivity index (χ0) is 13.2. The second-order valence-corrected chi connectivity index (χ2v) is 4.67. The Morgan fingerprint density at radius 2 is 2.21 bits per heavy atom. The van der Waals surface area contributed by atoms with Crippen LogP contribution in [0.2, 0.25) is 0 Å². The second-order valence-electron chi connectivity index (χ2n) is 3.96. The van der Waals surface area contributed by atoms with E-state index in [4.69, 9.17) is 15.2 Å². The number of hydrogen-bond acceptors (Lipinski definition) is 6. The zero-order valence-corrected chi connectivity index (χ0v) is 10.7. The van der Waals surface area contributed by atoms with E-state index in [1.807, 2.05) is 5.38 Å². The monoisotopic (exact) mass is 277 g/mol. The molecular weight excluding hydrogens is 266 g/mol. The summed E-state index contributed by atoms with van der Waals surface area (Å²) in [6, 6.07) is 3.19. The molecule has 6 nitrogen and oxygen atoms in total. The summed E-state index contributed by atoms with van der Waals surface area (Å²) in [5, 5.41) is 4.64. The van der Waals surface area contributed by atoms with Gasteiger partial charge in [-0.3, -0.25) is 4.79 Å². The largest absolute Gasteiger partial charge is 0.454 e. The number of ether oxygens (including phenoxy) is 2. The third-order valence-corrected chi connectivity index (χ3v) is 3.34. The van der Waals surface area contributed by atoms with Crippen LogP contribution in [0.25, 0.3) is 0 Å². The van der Waals surface area contributed by atoms with Gasteiger partial charge in [-0.25, -0.2) is 4.98 Å². The van der Waals surface area contributed by atoms with Crippen molar-refractivity contribution in [1.82, 2.24) is 10.3 Å². The molecule has 0 saturated heterocycles. The molecule has 1 aliphatic heterocycles. The van der Waals surface area contributed by atoms with Gasteiger partial charge in [-0.1, -0.05) is 0 Å². The van der Waals surface area contributed by atoms with Crippen molar-refractivity contribution in [3.05, 3.63) is 34.3 Å². The summed E-state index contributed by atoms with van der Waals surface area (Å²) in [4.78, 5) is 16.1. The lowest BCUT2D eigenvalue weighted by Gasteiger charge is -2.07. The van der Waals surface area contributed by atoms with Crippen LogP contribution >= 0.6 is 11.3 Å². The van der Waals surface area contributed by atoms with Crippen LogP contribution in [0.5, 0.6) is 11.5 Å². The number of anilines is 1. The smallest absolute Gasteiger partial charge is 0.253 e. The molecule has 0 aliphatic carbocycles. The quantitative estimate of drug-likeness (QED) is 0.828. The highest BCUT2D eigenvalue weighted by molar-refractivity contribution is 7.07. The average molecular weight is 277 g/mol. The third kappa shape index (κ3) is 2.32. The number of fused-ring (bicyclic) bond motifs is 1. The standard InChI is InChI=1S/C12H11N3O3S/c13-9-2-11-10(17-6-18-11)1-8(9)12(16)14-3-7-4-19-5-15-7/h1-2,4-5H,3,6,13H2,(H,14,16). The minimum absolute atomic E-state index is 0.151. The highest BCUT2D eigenvalue weighted by atomic mass is 32.1. The summed E-state index contributed by atoms with van der Waals surface area (Å²) in [5.74, 6) is 0.838. The summed E-state index contributed by atoms with van der Waals surface area (Å²) in [7, 11) is 0. The summed E-state index contributed by atoms with van der Waals surface area (Å²) < 4.78 is 10.4. The first-order chi connectivity index (χ1) is 9.24. The van der Waals surface area contributed by atoms with E-state index in [9.17, 15) is 4.79 Å². The third-order valence-electron chi connectivity index (χ3n) is 2.70. The predicted octanol–water partition coefficient (Wildman–Crippen LogP) is 1.38. The van der Waals surface area contributed by atoms with Gasteiger partial charge in [0.1, 0.15) is 0 Å². The van der Waals surface area contributed by atoms with Crippen molar-refractivity contribution in [3.63, 3.8) is 0 Å². The maximum absolute atomic E-state index is 12.0. The first-order valence-corrected chi connectivity index (χ1v) is 6.52. The van der Waals surface area contributed by atoms with E-state index < -0.39 is 0 Å². The van der Waals surface area contributed by atoms with Crippen molar-refractivity contribution in [2.75, 3.05) is 12.5 Å². The molecule has 3 N–H and O–H groups in total. The first kappa shape index (κ1) is 11.8. The van der Waals surface area contributed by atoms with E-state index >= 15 is 0 Å². The van der Waals surface area contributed by atoms with Gasteiger partial charge in [-0.2, -0.15) is 0 Å². The number of benzene rings is 1. The Labute approximate surface area is 113 Å². The average Bonchev–Trinajstić information content (AvgIpc) is 3.05. The normalized spacial score (nSPS) is 12.4. The minimum Gasteiger partial charge on any atom is -0.454 e. The summed E-state index contributed by atoms with van der Waals surface area (Å²) >= 11 is 1.48. The van der Waals surface area contributed by atoms with Crippen LogP contribution in [0.15, 0.2) is 23.0 Å². The van der Waals surface area contributed by atoms with Crippen molar-refractivity contribution in [2.24, 2.45) is 0 Å². The predicted molar refractivity (Wildman–Crippen MR) is 70.3 cm³/mol. The number of aromatic nitrogens is 1. The maximum atomic E-state index is 12.0. The lowest BCUT2D eigenvalue weighted by atomic mass is 10.1. The number of nitrogens with zero attached hydrogens (tertiary/aromatic N) is 1. The van der Waals surface area contributed by atoms with Gasteiger partial charge in [0, 0.05) is 17.1 Å². The SMILES string of the molecule is Nc1cc2c(cc1C(=O)NCc1cscn1)OCO2. The van der Waals surface area contributed by atoms with Crippen molar-refractivity contribution in [3.8, 4) is 11.5 Å². The number of thiazole rings is 1. The Morgan fingerprint density at radius 1 is 1.42 bits per heavy atom. The van der Waals surface area contributed by atoms with E-state index in [-0.39, 0.29) is 12.7 Å². The molecule has 0 fully saturated rings. The number of carbonyl (C=O) groups is 1. The van der Waals surface area contributed by atoms with Crippen LogP contribution in [0.4, 0.5) is 5.69 Å². The van der Waals surface area contributed by atoms with Crippen LogP contribution in [0, 0.1) is 0 Å². The van der Waals surface area contributed by atoms with E-state index in [0.29, 0.717) is 29.3 Å². The number of nitrogens with two attached hydrogens (primary N) is 1. The molecule has 0 saturated carbocycles. The molecule has 0 radical (unpaired) electrons. The van der Waals surface area contributed by atoms with Gasteiger partial charge < -0.3 is 20.5 Å². The summed E-state index contributed by atoms with van der Waals surface area (Å²) in [6.07, 6.45) is 0. The Kier molecular flexibility index (Phi) is 2.96. The van der Waals surface area contributed by atoms with Crippen LogP contribution in [0.1, 0.15) is 16.1 Å².